The predicted molar refractivity (Wildman–Crippen MR) is 67.6 cm³/mol. The molecule has 1 aromatic carbocycles. The zero-order chi connectivity index (χ0) is 14.3. The van der Waals surface area contributed by atoms with Crippen LogP contribution < -0.4 is 0 Å². The summed E-state index contributed by atoms with van der Waals surface area (Å²) in [7, 11) is 0. The average molecular weight is 266 g/mol. The van der Waals surface area contributed by atoms with Crippen molar-refractivity contribution in [3.63, 3.8) is 0 Å². The largest absolute Gasteiger partial charge is 0.463 e. The van der Waals surface area contributed by atoms with E-state index in [1.54, 1.807) is 13.8 Å². The molecule has 0 aliphatic rings. The molecule has 0 saturated carbocycles. The summed E-state index contributed by atoms with van der Waals surface area (Å²) in [6, 6.07) is 5.20. The number of halogens is 1. The van der Waals surface area contributed by atoms with Crippen LogP contribution in [-0.4, -0.2) is 25.2 Å². The molecule has 102 valence electrons. The van der Waals surface area contributed by atoms with Crippen LogP contribution in [0.25, 0.3) is 5.57 Å². The Morgan fingerprint density at radius 3 is 2.21 bits per heavy atom. The summed E-state index contributed by atoms with van der Waals surface area (Å²) in [5.41, 5.74) is 0.438. The topological polar surface area (TPSA) is 52.6 Å². The van der Waals surface area contributed by atoms with Crippen molar-refractivity contribution in [2.75, 3.05) is 13.2 Å². The van der Waals surface area contributed by atoms with E-state index < -0.39 is 17.8 Å². The molecule has 0 bridgehead atoms. The molecule has 1 aromatic rings. The van der Waals surface area contributed by atoms with Gasteiger partial charge in [0.2, 0.25) is 0 Å². The first-order chi connectivity index (χ1) is 9.08. The molecule has 0 atom stereocenters. The molecule has 0 aromatic heterocycles. The van der Waals surface area contributed by atoms with Gasteiger partial charge in [-0.3, -0.25) is 0 Å². The summed E-state index contributed by atoms with van der Waals surface area (Å²) >= 11 is 0. The Kier molecular flexibility index (Phi) is 5.73. The van der Waals surface area contributed by atoms with Gasteiger partial charge in [0.1, 0.15) is 5.82 Å². The van der Waals surface area contributed by atoms with E-state index in [1.165, 1.54) is 24.3 Å². The Hall–Kier alpha value is -2.17. The maximum absolute atomic E-state index is 12.9. The fourth-order valence-electron chi connectivity index (χ4n) is 1.40. The maximum Gasteiger partial charge on any atom is 0.338 e. The lowest BCUT2D eigenvalue weighted by Crippen LogP contribution is -2.10. The van der Waals surface area contributed by atoms with Crippen molar-refractivity contribution < 1.29 is 23.5 Å². The quantitative estimate of drug-likeness (QED) is 0.606. The van der Waals surface area contributed by atoms with Crippen molar-refractivity contribution in [3.8, 4) is 0 Å². The van der Waals surface area contributed by atoms with E-state index in [-0.39, 0.29) is 18.8 Å². The summed E-state index contributed by atoms with van der Waals surface area (Å²) in [6.07, 6.45) is 1.05. The Bertz CT molecular complexity index is 477. The van der Waals surface area contributed by atoms with Gasteiger partial charge in [0.05, 0.1) is 18.8 Å². The van der Waals surface area contributed by atoms with Crippen molar-refractivity contribution in [2.45, 2.75) is 13.8 Å². The molecule has 19 heavy (non-hydrogen) atoms. The van der Waals surface area contributed by atoms with Gasteiger partial charge in [-0.05, 0) is 31.5 Å². The molecule has 0 fully saturated rings. The lowest BCUT2D eigenvalue weighted by molar-refractivity contribution is -0.139. The molecular formula is C14H15FO4. The fraction of sp³-hybridized carbons (Fsp3) is 0.286. The van der Waals surface area contributed by atoms with Crippen molar-refractivity contribution in [3.05, 3.63) is 41.7 Å². The molecule has 5 heteroatoms. The van der Waals surface area contributed by atoms with Crippen molar-refractivity contribution in [2.24, 2.45) is 0 Å². The number of hydrogen-bond donors (Lipinski definition) is 0. The lowest BCUT2D eigenvalue weighted by Gasteiger charge is -2.07. The molecule has 4 nitrogen and oxygen atoms in total. The van der Waals surface area contributed by atoms with E-state index in [9.17, 15) is 14.0 Å². The van der Waals surface area contributed by atoms with Crippen LogP contribution in [0.4, 0.5) is 4.39 Å². The lowest BCUT2D eigenvalue weighted by atomic mass is 10.1. The first-order valence-corrected chi connectivity index (χ1v) is 5.90. The van der Waals surface area contributed by atoms with Crippen LogP contribution in [0, 0.1) is 5.82 Å². The zero-order valence-electron chi connectivity index (χ0n) is 10.8. The minimum atomic E-state index is -0.651. The molecule has 0 aliphatic carbocycles. The SMILES string of the molecule is CCOC(=O)C=C(C(=O)OCC)c1ccc(F)cc1. The normalized spacial score (nSPS) is 11.0. The minimum absolute atomic E-state index is 0.0419. The zero-order valence-corrected chi connectivity index (χ0v) is 10.8. The number of ether oxygens (including phenoxy) is 2. The molecule has 0 radical (unpaired) electrons. The van der Waals surface area contributed by atoms with E-state index in [4.69, 9.17) is 9.47 Å². The number of carbonyl (C=O) groups is 2. The number of hydrogen-bond acceptors (Lipinski definition) is 4. The molecule has 0 unspecified atom stereocenters. The first kappa shape index (κ1) is 14.9. The van der Waals surface area contributed by atoms with Gasteiger partial charge in [0, 0.05) is 6.08 Å². The van der Waals surface area contributed by atoms with Crippen LogP contribution in [-0.2, 0) is 19.1 Å². The van der Waals surface area contributed by atoms with Crippen LogP contribution in [0.2, 0.25) is 0 Å². The van der Waals surface area contributed by atoms with Crippen LogP contribution in [0.1, 0.15) is 19.4 Å². The van der Waals surface area contributed by atoms with Crippen LogP contribution in [0.5, 0.6) is 0 Å². The summed E-state index contributed by atoms with van der Waals surface area (Å²) in [5.74, 6) is -1.72. The highest BCUT2D eigenvalue weighted by Crippen LogP contribution is 2.17. The summed E-state index contributed by atoms with van der Waals surface area (Å²) in [4.78, 5) is 23.2. The molecule has 0 spiro atoms. The molecular weight excluding hydrogens is 251 g/mol. The highest BCUT2D eigenvalue weighted by molar-refractivity contribution is 6.20. The van der Waals surface area contributed by atoms with Gasteiger partial charge in [-0.2, -0.15) is 0 Å². The van der Waals surface area contributed by atoms with Gasteiger partial charge < -0.3 is 9.47 Å². The van der Waals surface area contributed by atoms with Crippen molar-refractivity contribution in [1.82, 2.24) is 0 Å². The third-order valence-corrected chi connectivity index (χ3v) is 2.20. The van der Waals surface area contributed by atoms with Gasteiger partial charge in [-0.25, -0.2) is 14.0 Å². The Labute approximate surface area is 110 Å². The maximum atomic E-state index is 12.9. The molecule has 0 aliphatic heterocycles. The second-order valence-corrected chi connectivity index (χ2v) is 3.54. The average Bonchev–Trinajstić information content (AvgIpc) is 2.38. The molecule has 1 rings (SSSR count). The van der Waals surface area contributed by atoms with E-state index in [0.29, 0.717) is 5.56 Å². The fourth-order valence-corrected chi connectivity index (χ4v) is 1.40. The van der Waals surface area contributed by atoms with Gasteiger partial charge in [-0.1, -0.05) is 12.1 Å². The molecule has 0 N–H and O–H groups in total. The summed E-state index contributed by atoms with van der Waals surface area (Å²) < 4.78 is 22.5. The first-order valence-electron chi connectivity index (χ1n) is 5.90. The van der Waals surface area contributed by atoms with Gasteiger partial charge in [-0.15, -0.1) is 0 Å². The predicted octanol–water partition coefficient (Wildman–Crippen LogP) is 2.34. The molecule has 0 heterocycles. The monoisotopic (exact) mass is 266 g/mol. The third-order valence-electron chi connectivity index (χ3n) is 2.20. The number of carbonyl (C=O) groups excluding carboxylic acids is 2. The van der Waals surface area contributed by atoms with Crippen molar-refractivity contribution in [1.29, 1.82) is 0 Å². The highest BCUT2D eigenvalue weighted by Gasteiger charge is 2.15. The van der Waals surface area contributed by atoms with E-state index in [1.807, 2.05) is 0 Å². The second kappa shape index (κ2) is 7.31. The summed E-state index contributed by atoms with van der Waals surface area (Å²) in [6.45, 7) is 3.70. The Balaban J connectivity index is 3.08. The van der Waals surface area contributed by atoms with Crippen molar-refractivity contribution >= 4 is 17.5 Å². The van der Waals surface area contributed by atoms with E-state index in [0.717, 1.165) is 6.08 Å². The van der Waals surface area contributed by atoms with E-state index in [2.05, 4.69) is 0 Å². The van der Waals surface area contributed by atoms with E-state index >= 15 is 0 Å². The van der Waals surface area contributed by atoms with Gasteiger partial charge in [0.15, 0.2) is 0 Å². The number of esters is 2. The van der Waals surface area contributed by atoms with Crippen LogP contribution >= 0.6 is 0 Å². The standard InChI is InChI=1S/C14H15FO4/c1-3-18-13(16)9-12(14(17)19-4-2)10-5-7-11(15)8-6-10/h5-9H,3-4H2,1-2H3. The summed E-state index contributed by atoms with van der Waals surface area (Å²) in [5, 5.41) is 0. The van der Waals surface area contributed by atoms with Gasteiger partial charge in [0.25, 0.3) is 0 Å². The third kappa shape index (κ3) is 4.54. The molecule has 0 saturated heterocycles. The number of benzene rings is 1. The highest BCUT2D eigenvalue weighted by atomic mass is 19.1. The Morgan fingerprint density at radius 2 is 1.68 bits per heavy atom. The van der Waals surface area contributed by atoms with Crippen LogP contribution in [0.15, 0.2) is 30.3 Å². The molecule has 0 amide bonds. The number of rotatable bonds is 5. The van der Waals surface area contributed by atoms with Crippen LogP contribution in [0.3, 0.4) is 0 Å². The van der Waals surface area contributed by atoms with Gasteiger partial charge >= 0.3 is 11.9 Å². The minimum Gasteiger partial charge on any atom is -0.463 e. The Morgan fingerprint density at radius 1 is 1.11 bits per heavy atom. The second-order valence-electron chi connectivity index (χ2n) is 3.54. The smallest absolute Gasteiger partial charge is 0.338 e.